The number of fused-ring (bicyclic) bond motifs is 1. The summed E-state index contributed by atoms with van der Waals surface area (Å²) in [4.78, 5) is 18.5. The van der Waals surface area contributed by atoms with Crippen LogP contribution in [0, 0.1) is 6.92 Å². The Balaban J connectivity index is 2.85. The van der Waals surface area contributed by atoms with Crippen LogP contribution in [0.4, 0.5) is 0 Å². The predicted octanol–water partition coefficient (Wildman–Crippen LogP) is 2.29. The monoisotopic (exact) mass is 222 g/mol. The molecule has 5 heteroatoms. The maximum atomic E-state index is 10.7. The van der Waals surface area contributed by atoms with Crippen molar-refractivity contribution in [2.24, 2.45) is 0 Å². The van der Waals surface area contributed by atoms with Crippen molar-refractivity contribution in [3.8, 4) is 0 Å². The fraction of sp³-hybridized carbons (Fsp3) is 0.100. The number of aryl methyl sites for hydroxylation is 1. The fourth-order valence-electron chi connectivity index (χ4n) is 1.37. The molecule has 1 aromatic carbocycles. The normalized spacial score (nSPS) is 10.5. The number of carboxylic acids is 1. The van der Waals surface area contributed by atoms with Crippen molar-refractivity contribution in [1.29, 1.82) is 0 Å². The number of rotatable bonds is 1. The van der Waals surface area contributed by atoms with Gasteiger partial charge in [0.1, 0.15) is 0 Å². The molecule has 0 unspecified atom stereocenters. The third kappa shape index (κ3) is 1.64. The standard InChI is InChI=1S/C10H7ClN2O2/c1-5-6-3-2-4-7(11)8(6)13-9(12-5)10(14)15/h2-4H,1H3,(H,14,15). The number of nitrogens with zero attached hydrogens (tertiary/aromatic N) is 2. The van der Waals surface area contributed by atoms with Crippen molar-refractivity contribution in [3.05, 3.63) is 34.7 Å². The van der Waals surface area contributed by atoms with Crippen LogP contribution in [-0.4, -0.2) is 21.0 Å². The first-order chi connectivity index (χ1) is 7.09. The van der Waals surface area contributed by atoms with Crippen LogP contribution in [0.25, 0.3) is 10.9 Å². The van der Waals surface area contributed by atoms with E-state index in [4.69, 9.17) is 16.7 Å². The molecule has 0 atom stereocenters. The first-order valence-corrected chi connectivity index (χ1v) is 4.63. The first kappa shape index (κ1) is 9.86. The number of aromatic nitrogens is 2. The molecular formula is C10H7ClN2O2. The van der Waals surface area contributed by atoms with Gasteiger partial charge in [0.15, 0.2) is 0 Å². The highest BCUT2D eigenvalue weighted by molar-refractivity contribution is 6.35. The number of halogens is 1. The van der Waals surface area contributed by atoms with Gasteiger partial charge in [-0.1, -0.05) is 23.7 Å². The molecule has 0 saturated heterocycles. The Kier molecular flexibility index (Phi) is 2.28. The van der Waals surface area contributed by atoms with Crippen LogP contribution >= 0.6 is 11.6 Å². The molecule has 0 aliphatic heterocycles. The van der Waals surface area contributed by atoms with E-state index in [1.165, 1.54) is 0 Å². The molecule has 15 heavy (non-hydrogen) atoms. The predicted molar refractivity (Wildman–Crippen MR) is 56.2 cm³/mol. The summed E-state index contributed by atoms with van der Waals surface area (Å²) in [5.41, 5.74) is 1.09. The zero-order valence-corrected chi connectivity index (χ0v) is 8.62. The Bertz CT molecular complexity index is 554. The van der Waals surface area contributed by atoms with E-state index in [2.05, 4.69) is 9.97 Å². The second-order valence-corrected chi connectivity index (χ2v) is 3.48. The molecule has 0 fully saturated rings. The van der Waals surface area contributed by atoms with Gasteiger partial charge in [0.05, 0.1) is 10.5 Å². The highest BCUT2D eigenvalue weighted by atomic mass is 35.5. The van der Waals surface area contributed by atoms with E-state index in [-0.39, 0.29) is 5.82 Å². The molecule has 0 aliphatic rings. The molecular weight excluding hydrogens is 216 g/mol. The quantitative estimate of drug-likeness (QED) is 0.804. The number of hydrogen-bond donors (Lipinski definition) is 1. The van der Waals surface area contributed by atoms with Crippen LogP contribution in [0.3, 0.4) is 0 Å². The van der Waals surface area contributed by atoms with Crippen LogP contribution in [0.15, 0.2) is 18.2 Å². The Morgan fingerprint density at radius 3 is 2.80 bits per heavy atom. The fourth-order valence-corrected chi connectivity index (χ4v) is 1.58. The van der Waals surface area contributed by atoms with E-state index in [0.29, 0.717) is 16.2 Å². The summed E-state index contributed by atoms with van der Waals surface area (Å²) in [5.74, 6) is -1.38. The van der Waals surface area contributed by atoms with E-state index in [9.17, 15) is 4.79 Å². The van der Waals surface area contributed by atoms with Crippen molar-refractivity contribution >= 4 is 28.5 Å². The van der Waals surface area contributed by atoms with Crippen LogP contribution in [-0.2, 0) is 0 Å². The lowest BCUT2D eigenvalue weighted by Crippen LogP contribution is -2.05. The lowest BCUT2D eigenvalue weighted by Gasteiger charge is -2.03. The molecule has 4 nitrogen and oxygen atoms in total. The molecule has 0 saturated carbocycles. The lowest BCUT2D eigenvalue weighted by molar-refractivity contribution is 0.0683. The van der Waals surface area contributed by atoms with Gasteiger partial charge in [-0.3, -0.25) is 0 Å². The van der Waals surface area contributed by atoms with E-state index in [0.717, 1.165) is 5.39 Å². The number of hydrogen-bond acceptors (Lipinski definition) is 3. The Hall–Kier alpha value is -1.68. The Morgan fingerprint density at radius 1 is 1.40 bits per heavy atom. The molecule has 0 spiro atoms. The number of para-hydroxylation sites is 1. The number of carbonyl (C=O) groups is 1. The second kappa shape index (κ2) is 3.47. The SMILES string of the molecule is Cc1nc(C(=O)O)nc2c(Cl)cccc12. The number of aromatic carboxylic acids is 1. The van der Waals surface area contributed by atoms with Gasteiger partial charge in [0, 0.05) is 11.1 Å². The Morgan fingerprint density at radius 2 is 2.13 bits per heavy atom. The van der Waals surface area contributed by atoms with Crippen molar-refractivity contribution in [1.82, 2.24) is 9.97 Å². The van der Waals surface area contributed by atoms with Gasteiger partial charge < -0.3 is 5.11 Å². The molecule has 0 amide bonds. The summed E-state index contributed by atoms with van der Waals surface area (Å²) >= 11 is 5.92. The average molecular weight is 223 g/mol. The minimum atomic E-state index is -1.15. The third-order valence-corrected chi connectivity index (χ3v) is 2.36. The van der Waals surface area contributed by atoms with Gasteiger partial charge >= 0.3 is 5.97 Å². The maximum absolute atomic E-state index is 10.7. The van der Waals surface area contributed by atoms with E-state index in [1.54, 1.807) is 19.1 Å². The zero-order chi connectivity index (χ0) is 11.0. The smallest absolute Gasteiger partial charge is 0.373 e. The molecule has 1 heterocycles. The number of benzene rings is 1. The van der Waals surface area contributed by atoms with E-state index >= 15 is 0 Å². The first-order valence-electron chi connectivity index (χ1n) is 4.26. The summed E-state index contributed by atoms with van der Waals surface area (Å²) < 4.78 is 0. The zero-order valence-electron chi connectivity index (χ0n) is 7.86. The highest BCUT2D eigenvalue weighted by Gasteiger charge is 2.11. The van der Waals surface area contributed by atoms with Crippen molar-refractivity contribution in [3.63, 3.8) is 0 Å². The summed E-state index contributed by atoms with van der Waals surface area (Å²) in [7, 11) is 0. The van der Waals surface area contributed by atoms with Gasteiger partial charge in [-0.25, -0.2) is 14.8 Å². The van der Waals surface area contributed by atoms with Crippen LogP contribution in [0.5, 0.6) is 0 Å². The molecule has 1 N–H and O–H groups in total. The summed E-state index contributed by atoms with van der Waals surface area (Å²) in [6.45, 7) is 1.73. The summed E-state index contributed by atoms with van der Waals surface area (Å²) in [6.07, 6.45) is 0. The molecule has 0 radical (unpaired) electrons. The second-order valence-electron chi connectivity index (χ2n) is 3.07. The molecule has 0 aliphatic carbocycles. The van der Waals surface area contributed by atoms with Crippen LogP contribution in [0.1, 0.15) is 16.3 Å². The van der Waals surface area contributed by atoms with Gasteiger partial charge in [0.25, 0.3) is 0 Å². The summed E-state index contributed by atoms with van der Waals surface area (Å²) in [5, 5.41) is 9.99. The third-order valence-electron chi connectivity index (χ3n) is 2.06. The maximum Gasteiger partial charge on any atom is 0.373 e. The molecule has 76 valence electrons. The van der Waals surface area contributed by atoms with Crippen LogP contribution in [0.2, 0.25) is 5.02 Å². The van der Waals surface area contributed by atoms with Crippen molar-refractivity contribution < 1.29 is 9.90 Å². The topological polar surface area (TPSA) is 63.1 Å². The van der Waals surface area contributed by atoms with Gasteiger partial charge in [0.2, 0.25) is 5.82 Å². The highest BCUT2D eigenvalue weighted by Crippen LogP contribution is 2.22. The Labute approximate surface area is 90.5 Å². The number of carboxylic acid groups (broad SMARTS) is 1. The van der Waals surface area contributed by atoms with Gasteiger partial charge in [-0.2, -0.15) is 0 Å². The molecule has 0 bridgehead atoms. The van der Waals surface area contributed by atoms with E-state index in [1.807, 2.05) is 6.07 Å². The minimum absolute atomic E-state index is 0.229. The molecule has 2 aromatic rings. The van der Waals surface area contributed by atoms with Gasteiger partial charge in [-0.15, -0.1) is 0 Å². The lowest BCUT2D eigenvalue weighted by atomic mass is 10.2. The van der Waals surface area contributed by atoms with E-state index < -0.39 is 5.97 Å². The van der Waals surface area contributed by atoms with Crippen molar-refractivity contribution in [2.45, 2.75) is 6.92 Å². The largest absolute Gasteiger partial charge is 0.475 e. The molecule has 2 rings (SSSR count). The molecule has 1 aromatic heterocycles. The summed E-state index contributed by atoms with van der Waals surface area (Å²) in [6, 6.07) is 5.26. The van der Waals surface area contributed by atoms with Crippen LogP contribution < -0.4 is 0 Å². The average Bonchev–Trinajstić information content (AvgIpc) is 2.19. The van der Waals surface area contributed by atoms with Crippen molar-refractivity contribution in [2.75, 3.05) is 0 Å². The minimum Gasteiger partial charge on any atom is -0.475 e. The van der Waals surface area contributed by atoms with Gasteiger partial charge in [-0.05, 0) is 13.0 Å².